The number of methoxy groups -OCH3 is 4. The van der Waals surface area contributed by atoms with Gasteiger partial charge in [-0.05, 0) is 26.0 Å². The average molecular weight is 364 g/mol. The summed E-state index contributed by atoms with van der Waals surface area (Å²) in [5.41, 5.74) is 0.945. The van der Waals surface area contributed by atoms with Gasteiger partial charge in [0.15, 0.2) is 17.9 Å². The molecule has 0 fully saturated rings. The van der Waals surface area contributed by atoms with Crippen LogP contribution in [0.1, 0.15) is 37.7 Å². The first-order chi connectivity index (χ1) is 12.6. The molecule has 2 atom stereocenters. The summed E-state index contributed by atoms with van der Waals surface area (Å²) in [6, 6.07) is 9.92. The van der Waals surface area contributed by atoms with Crippen molar-refractivity contribution in [3.05, 3.63) is 42.0 Å². The van der Waals surface area contributed by atoms with Crippen LogP contribution in [0, 0.1) is 0 Å². The van der Waals surface area contributed by atoms with Gasteiger partial charge < -0.3 is 18.9 Å². The van der Waals surface area contributed by atoms with E-state index in [2.05, 4.69) is 10.2 Å². The second kappa shape index (κ2) is 9.63. The van der Waals surface area contributed by atoms with Crippen molar-refractivity contribution in [1.82, 2.24) is 14.9 Å². The number of hydrogen-bond acceptors (Lipinski definition) is 7. The summed E-state index contributed by atoms with van der Waals surface area (Å²) in [5.74, 6) is 1.34. The van der Waals surface area contributed by atoms with Crippen LogP contribution in [0.2, 0.25) is 0 Å². The van der Waals surface area contributed by atoms with E-state index in [1.54, 1.807) is 28.4 Å². The van der Waals surface area contributed by atoms with Crippen LogP contribution in [0.25, 0.3) is 0 Å². The first-order valence-electron chi connectivity index (χ1n) is 8.46. The Kier molecular flexibility index (Phi) is 7.52. The van der Waals surface area contributed by atoms with Gasteiger partial charge in [0, 0.05) is 28.4 Å². The molecule has 2 unspecified atom stereocenters. The van der Waals surface area contributed by atoms with E-state index in [0.29, 0.717) is 18.2 Å². The largest absolute Gasteiger partial charge is 0.374 e. The van der Waals surface area contributed by atoms with E-state index in [1.165, 1.54) is 0 Å². The fourth-order valence-corrected chi connectivity index (χ4v) is 2.56. The molecule has 0 saturated heterocycles. The van der Waals surface area contributed by atoms with Crippen molar-refractivity contribution in [2.45, 2.75) is 32.3 Å². The van der Waals surface area contributed by atoms with Gasteiger partial charge in [-0.15, -0.1) is 10.2 Å². The highest BCUT2D eigenvalue weighted by Crippen LogP contribution is 2.26. The van der Waals surface area contributed by atoms with E-state index in [-0.39, 0.29) is 12.2 Å². The zero-order chi connectivity index (χ0) is 19.1. The number of nitrogens with zero attached hydrogens (tertiary/aromatic N) is 4. The zero-order valence-electron chi connectivity index (χ0n) is 16.2. The summed E-state index contributed by atoms with van der Waals surface area (Å²) in [6.07, 6.45) is -0.945. The fourth-order valence-electron chi connectivity index (χ4n) is 2.56. The second-order valence-corrected chi connectivity index (χ2v) is 5.80. The Morgan fingerprint density at radius 3 is 1.77 bits per heavy atom. The minimum atomic E-state index is -0.436. The van der Waals surface area contributed by atoms with Gasteiger partial charge in [-0.1, -0.05) is 18.2 Å². The zero-order valence-corrected chi connectivity index (χ0v) is 16.2. The molecule has 0 spiro atoms. The molecular formula is C18H28N4O4. The summed E-state index contributed by atoms with van der Waals surface area (Å²) in [7, 11) is 6.51. The fraction of sp³-hybridized carbons (Fsp3) is 0.556. The number of anilines is 1. The molecule has 1 aromatic carbocycles. The SMILES string of the molecule is COC(CN(c1ccccc1)n1c(C(C)OC)nnc1C(C)OC)OC. The Bertz CT molecular complexity index is 633. The molecule has 1 aromatic heterocycles. The number of ether oxygens (including phenoxy) is 4. The van der Waals surface area contributed by atoms with Crippen molar-refractivity contribution in [3.63, 3.8) is 0 Å². The van der Waals surface area contributed by atoms with Gasteiger partial charge in [0.25, 0.3) is 0 Å². The molecule has 144 valence electrons. The minimum absolute atomic E-state index is 0.255. The molecular weight excluding hydrogens is 336 g/mol. The Hall–Kier alpha value is -2.00. The maximum Gasteiger partial charge on any atom is 0.181 e. The minimum Gasteiger partial charge on any atom is -0.374 e. The lowest BCUT2D eigenvalue weighted by Gasteiger charge is -2.32. The second-order valence-electron chi connectivity index (χ2n) is 5.80. The molecule has 0 aliphatic rings. The molecule has 0 aliphatic heterocycles. The van der Waals surface area contributed by atoms with Crippen LogP contribution in [0.4, 0.5) is 5.69 Å². The molecule has 8 nitrogen and oxygen atoms in total. The lowest BCUT2D eigenvalue weighted by Crippen LogP contribution is -2.41. The highest BCUT2D eigenvalue weighted by atomic mass is 16.7. The third-order valence-electron chi connectivity index (χ3n) is 4.27. The van der Waals surface area contributed by atoms with Crippen LogP contribution in [0.3, 0.4) is 0 Å². The van der Waals surface area contributed by atoms with E-state index in [9.17, 15) is 0 Å². The van der Waals surface area contributed by atoms with Crippen molar-refractivity contribution in [1.29, 1.82) is 0 Å². The molecule has 0 saturated carbocycles. The number of benzene rings is 1. The highest BCUT2D eigenvalue weighted by Gasteiger charge is 2.27. The number of aromatic nitrogens is 3. The van der Waals surface area contributed by atoms with Crippen LogP contribution in [0.5, 0.6) is 0 Å². The van der Waals surface area contributed by atoms with Gasteiger partial charge >= 0.3 is 0 Å². The van der Waals surface area contributed by atoms with Gasteiger partial charge in [0.05, 0.1) is 12.2 Å². The Balaban J connectivity index is 2.60. The van der Waals surface area contributed by atoms with E-state index in [4.69, 9.17) is 18.9 Å². The van der Waals surface area contributed by atoms with Crippen LogP contribution >= 0.6 is 0 Å². The number of rotatable bonds is 10. The molecule has 26 heavy (non-hydrogen) atoms. The molecule has 2 aromatic rings. The molecule has 0 amide bonds. The van der Waals surface area contributed by atoms with E-state index in [0.717, 1.165) is 5.69 Å². The molecule has 0 aliphatic carbocycles. The quantitative estimate of drug-likeness (QED) is 0.600. The van der Waals surface area contributed by atoms with E-state index in [1.807, 2.05) is 53.9 Å². The molecule has 0 bridgehead atoms. The number of para-hydroxylation sites is 1. The van der Waals surface area contributed by atoms with Gasteiger partial charge in [-0.25, -0.2) is 4.68 Å². The maximum absolute atomic E-state index is 5.49. The summed E-state index contributed by atoms with van der Waals surface area (Å²) >= 11 is 0. The van der Waals surface area contributed by atoms with Gasteiger partial charge in [0.2, 0.25) is 0 Å². The molecule has 0 radical (unpaired) electrons. The topological polar surface area (TPSA) is 70.9 Å². The summed E-state index contributed by atoms with van der Waals surface area (Å²) in [5, 5.41) is 10.7. The summed E-state index contributed by atoms with van der Waals surface area (Å²) in [6.45, 7) is 4.28. The maximum atomic E-state index is 5.49. The Morgan fingerprint density at radius 1 is 0.846 bits per heavy atom. The normalized spacial score (nSPS) is 13.8. The highest BCUT2D eigenvalue weighted by molar-refractivity contribution is 5.46. The molecule has 8 heteroatoms. The molecule has 0 N–H and O–H groups in total. The third kappa shape index (κ3) is 4.39. The van der Waals surface area contributed by atoms with Crippen molar-refractivity contribution < 1.29 is 18.9 Å². The first-order valence-corrected chi connectivity index (χ1v) is 8.46. The van der Waals surface area contributed by atoms with Gasteiger partial charge in [-0.2, -0.15) is 0 Å². The Labute approximate surface area is 154 Å². The summed E-state index contributed by atoms with van der Waals surface area (Å²) < 4.78 is 23.8. The van der Waals surface area contributed by atoms with Crippen molar-refractivity contribution in [2.24, 2.45) is 0 Å². The van der Waals surface area contributed by atoms with E-state index < -0.39 is 6.29 Å². The standard InChI is InChI=1S/C18H28N4O4/c1-13(23-3)17-19-20-18(14(2)24-4)22(17)21(12-16(25-5)26-6)15-10-8-7-9-11-15/h7-11,13-14,16H,12H2,1-6H3. The van der Waals surface area contributed by atoms with Crippen molar-refractivity contribution in [3.8, 4) is 0 Å². The van der Waals surface area contributed by atoms with Crippen LogP contribution in [-0.4, -0.2) is 56.1 Å². The van der Waals surface area contributed by atoms with Crippen molar-refractivity contribution >= 4 is 5.69 Å². The van der Waals surface area contributed by atoms with Gasteiger partial charge in [0.1, 0.15) is 12.2 Å². The average Bonchev–Trinajstić information content (AvgIpc) is 3.13. The molecule has 2 rings (SSSR count). The monoisotopic (exact) mass is 364 g/mol. The van der Waals surface area contributed by atoms with Gasteiger partial charge in [-0.3, -0.25) is 5.01 Å². The van der Waals surface area contributed by atoms with Crippen LogP contribution in [0.15, 0.2) is 30.3 Å². The predicted octanol–water partition coefficient (Wildman–Crippen LogP) is 2.58. The Morgan fingerprint density at radius 2 is 1.35 bits per heavy atom. The van der Waals surface area contributed by atoms with Crippen molar-refractivity contribution in [2.75, 3.05) is 40.0 Å². The lowest BCUT2D eigenvalue weighted by atomic mass is 10.3. The van der Waals surface area contributed by atoms with Crippen LogP contribution < -0.4 is 5.01 Å². The third-order valence-corrected chi connectivity index (χ3v) is 4.27. The smallest absolute Gasteiger partial charge is 0.181 e. The molecule has 1 heterocycles. The lowest BCUT2D eigenvalue weighted by molar-refractivity contribution is -0.0962. The number of hydrogen-bond donors (Lipinski definition) is 0. The first kappa shape index (κ1) is 20.3. The summed E-state index contributed by atoms with van der Waals surface area (Å²) in [4.78, 5) is 0. The van der Waals surface area contributed by atoms with Crippen LogP contribution in [-0.2, 0) is 18.9 Å². The van der Waals surface area contributed by atoms with E-state index >= 15 is 0 Å². The predicted molar refractivity (Wildman–Crippen MR) is 97.9 cm³/mol.